The van der Waals surface area contributed by atoms with Crippen molar-refractivity contribution >= 4 is 28.0 Å². The molecule has 170 valence electrons. The van der Waals surface area contributed by atoms with Crippen molar-refractivity contribution < 1.29 is 19.0 Å². The number of carbonyl (C=O) groups is 1. The van der Waals surface area contributed by atoms with Gasteiger partial charge < -0.3 is 14.4 Å². The van der Waals surface area contributed by atoms with Gasteiger partial charge >= 0.3 is 5.97 Å². The summed E-state index contributed by atoms with van der Waals surface area (Å²) in [5.74, 6) is -0.971. The zero-order valence-electron chi connectivity index (χ0n) is 18.1. The van der Waals surface area contributed by atoms with Gasteiger partial charge in [0.2, 0.25) is 0 Å². The van der Waals surface area contributed by atoms with Crippen LogP contribution in [-0.4, -0.2) is 44.0 Å². The molecule has 33 heavy (non-hydrogen) atoms. The second-order valence-corrected chi connectivity index (χ2v) is 9.21. The van der Waals surface area contributed by atoms with E-state index in [1.54, 1.807) is 18.3 Å². The van der Waals surface area contributed by atoms with E-state index < -0.39 is 5.97 Å². The molecule has 4 heterocycles. The van der Waals surface area contributed by atoms with Crippen LogP contribution in [0.4, 0.5) is 4.39 Å². The smallest absolute Gasteiger partial charge is 0.306 e. The van der Waals surface area contributed by atoms with Crippen LogP contribution in [0, 0.1) is 11.7 Å². The predicted molar refractivity (Wildman–Crippen MR) is 121 cm³/mol. The van der Waals surface area contributed by atoms with E-state index in [2.05, 4.69) is 20.8 Å². The Labute approximate surface area is 189 Å². The molecule has 1 saturated heterocycles. The minimum absolute atomic E-state index is 0.112. The molecule has 1 aliphatic carbocycles. The van der Waals surface area contributed by atoms with Crippen LogP contribution in [0.3, 0.4) is 0 Å². The van der Waals surface area contributed by atoms with Crippen molar-refractivity contribution in [2.24, 2.45) is 5.92 Å². The maximum Gasteiger partial charge on any atom is 0.306 e. The van der Waals surface area contributed by atoms with Crippen LogP contribution < -0.4 is 0 Å². The number of carboxylic acid groups (broad SMARTS) is 1. The standard InChI is InChI=1S/C25H25FN4O3/c26-18-3-5-19(6-4-18)30-20-12-17-13-27-29-24(17)28-22(20)21(15-1-2-16(11-15)25(31)32)23(30)14-7-9-33-10-8-14/h3-6,12-16H,1-2,7-11H2,(H,31,32)(H,27,28,29)/t15-,16?/m1/s1. The number of aliphatic carboxylic acids is 1. The second kappa shape index (κ2) is 7.95. The number of pyridine rings is 1. The quantitative estimate of drug-likeness (QED) is 0.463. The Hall–Kier alpha value is -3.26. The van der Waals surface area contributed by atoms with E-state index in [0.717, 1.165) is 46.9 Å². The maximum absolute atomic E-state index is 13.8. The van der Waals surface area contributed by atoms with Gasteiger partial charge in [-0.1, -0.05) is 0 Å². The van der Waals surface area contributed by atoms with Gasteiger partial charge in [-0.05, 0) is 68.4 Å². The molecule has 6 rings (SSSR count). The number of carboxylic acids is 1. The highest BCUT2D eigenvalue weighted by Crippen LogP contribution is 2.47. The molecule has 4 aromatic rings. The summed E-state index contributed by atoms with van der Waals surface area (Å²) in [6.45, 7) is 1.38. The molecule has 0 spiro atoms. The molecule has 1 aromatic carbocycles. The van der Waals surface area contributed by atoms with Crippen LogP contribution in [0.25, 0.3) is 27.8 Å². The summed E-state index contributed by atoms with van der Waals surface area (Å²) >= 11 is 0. The molecule has 2 aliphatic rings. The molecule has 0 amide bonds. The van der Waals surface area contributed by atoms with Crippen molar-refractivity contribution in [1.82, 2.24) is 19.7 Å². The number of nitrogens with one attached hydrogen (secondary N) is 1. The lowest BCUT2D eigenvalue weighted by atomic mass is 9.87. The number of H-pyrrole nitrogens is 1. The highest BCUT2D eigenvalue weighted by atomic mass is 19.1. The summed E-state index contributed by atoms with van der Waals surface area (Å²) in [5, 5.41) is 17.7. The van der Waals surface area contributed by atoms with Crippen molar-refractivity contribution in [2.75, 3.05) is 13.2 Å². The highest BCUT2D eigenvalue weighted by molar-refractivity contribution is 5.93. The number of halogens is 1. The van der Waals surface area contributed by atoms with Gasteiger partial charge in [0, 0.05) is 41.5 Å². The summed E-state index contributed by atoms with van der Waals surface area (Å²) < 4.78 is 21.7. The van der Waals surface area contributed by atoms with Gasteiger partial charge in [0.1, 0.15) is 5.82 Å². The fraction of sp³-hybridized carbons (Fsp3) is 0.400. The monoisotopic (exact) mass is 448 g/mol. The summed E-state index contributed by atoms with van der Waals surface area (Å²) in [5.41, 5.74) is 5.74. The Bertz CT molecular complexity index is 1340. The Balaban J connectivity index is 1.65. The number of aromatic amines is 1. The topological polar surface area (TPSA) is 93.0 Å². The van der Waals surface area contributed by atoms with Crippen LogP contribution in [0.2, 0.25) is 0 Å². The number of hydrogen-bond acceptors (Lipinski definition) is 4. The molecule has 2 fully saturated rings. The van der Waals surface area contributed by atoms with Gasteiger partial charge in [0.05, 0.1) is 23.1 Å². The van der Waals surface area contributed by atoms with Crippen molar-refractivity contribution in [1.29, 1.82) is 0 Å². The summed E-state index contributed by atoms with van der Waals surface area (Å²) in [4.78, 5) is 16.7. The van der Waals surface area contributed by atoms with Crippen molar-refractivity contribution in [2.45, 2.75) is 43.9 Å². The van der Waals surface area contributed by atoms with Gasteiger partial charge in [-0.15, -0.1) is 0 Å². The number of aromatic nitrogens is 4. The Morgan fingerprint density at radius 1 is 1.12 bits per heavy atom. The molecular formula is C25H25FN4O3. The molecule has 1 saturated carbocycles. The van der Waals surface area contributed by atoms with Gasteiger partial charge in [0.15, 0.2) is 5.65 Å². The number of fused-ring (bicyclic) bond motifs is 2. The van der Waals surface area contributed by atoms with E-state index in [0.29, 0.717) is 31.7 Å². The van der Waals surface area contributed by atoms with E-state index in [4.69, 9.17) is 9.72 Å². The minimum atomic E-state index is -0.726. The minimum Gasteiger partial charge on any atom is -0.481 e. The van der Waals surface area contributed by atoms with Gasteiger partial charge in [-0.2, -0.15) is 5.10 Å². The largest absolute Gasteiger partial charge is 0.481 e. The fourth-order valence-electron chi connectivity index (χ4n) is 5.72. The lowest BCUT2D eigenvalue weighted by molar-refractivity contribution is -0.141. The molecule has 8 heteroatoms. The first-order valence-electron chi connectivity index (χ1n) is 11.5. The van der Waals surface area contributed by atoms with Crippen molar-refractivity contribution in [3.63, 3.8) is 0 Å². The third-order valence-electron chi connectivity index (χ3n) is 7.30. The van der Waals surface area contributed by atoms with Crippen LogP contribution in [-0.2, 0) is 9.53 Å². The first kappa shape index (κ1) is 20.4. The molecule has 2 N–H and O–H groups in total. The molecule has 1 unspecified atom stereocenters. The molecule has 3 aromatic heterocycles. The third-order valence-corrected chi connectivity index (χ3v) is 7.30. The lowest BCUT2D eigenvalue weighted by Gasteiger charge is -2.27. The summed E-state index contributed by atoms with van der Waals surface area (Å²) in [6.07, 6.45) is 5.63. The summed E-state index contributed by atoms with van der Waals surface area (Å²) in [7, 11) is 0. The predicted octanol–water partition coefficient (Wildman–Crippen LogP) is 4.90. The second-order valence-electron chi connectivity index (χ2n) is 9.21. The van der Waals surface area contributed by atoms with Gasteiger partial charge in [-0.25, -0.2) is 9.37 Å². The van der Waals surface area contributed by atoms with Crippen molar-refractivity contribution in [3.8, 4) is 5.69 Å². The summed E-state index contributed by atoms with van der Waals surface area (Å²) in [6, 6.07) is 8.65. The molecule has 1 aliphatic heterocycles. The van der Waals surface area contributed by atoms with E-state index in [1.165, 1.54) is 17.8 Å². The van der Waals surface area contributed by atoms with Crippen LogP contribution >= 0.6 is 0 Å². The number of rotatable bonds is 4. The SMILES string of the molecule is O=C(O)C1CC[C@@H](c2c(C3CCOCC3)n(-c3ccc(F)cc3)c3cc4cn[nH]c4nc23)C1. The zero-order chi connectivity index (χ0) is 22.5. The number of benzene rings is 1. The zero-order valence-corrected chi connectivity index (χ0v) is 18.1. The number of nitrogens with zero attached hydrogens (tertiary/aromatic N) is 3. The maximum atomic E-state index is 13.8. The van der Waals surface area contributed by atoms with Gasteiger partial charge in [0.25, 0.3) is 0 Å². The van der Waals surface area contributed by atoms with E-state index in [-0.39, 0.29) is 23.6 Å². The fourth-order valence-corrected chi connectivity index (χ4v) is 5.72. The first-order valence-corrected chi connectivity index (χ1v) is 11.5. The molecule has 2 atom stereocenters. The first-order chi connectivity index (χ1) is 16.1. The molecule has 7 nitrogen and oxygen atoms in total. The number of ether oxygens (including phenoxy) is 1. The third kappa shape index (κ3) is 3.40. The van der Waals surface area contributed by atoms with Crippen LogP contribution in [0.1, 0.15) is 55.2 Å². The average molecular weight is 448 g/mol. The Kier molecular flexibility index (Phi) is 4.90. The highest BCUT2D eigenvalue weighted by Gasteiger charge is 2.37. The normalized spacial score (nSPS) is 21.8. The van der Waals surface area contributed by atoms with Crippen LogP contribution in [0.5, 0.6) is 0 Å². The van der Waals surface area contributed by atoms with Gasteiger partial charge in [-0.3, -0.25) is 9.89 Å². The lowest BCUT2D eigenvalue weighted by Crippen LogP contribution is -2.19. The molecule has 0 radical (unpaired) electrons. The van der Waals surface area contributed by atoms with E-state index in [9.17, 15) is 14.3 Å². The Morgan fingerprint density at radius 2 is 1.91 bits per heavy atom. The van der Waals surface area contributed by atoms with E-state index in [1.807, 2.05) is 0 Å². The Morgan fingerprint density at radius 3 is 2.64 bits per heavy atom. The van der Waals surface area contributed by atoms with E-state index >= 15 is 0 Å². The van der Waals surface area contributed by atoms with Crippen molar-refractivity contribution in [3.05, 3.63) is 53.6 Å². The van der Waals surface area contributed by atoms with Crippen LogP contribution in [0.15, 0.2) is 36.5 Å². The molecular weight excluding hydrogens is 423 g/mol. The molecule has 0 bridgehead atoms. The number of hydrogen-bond donors (Lipinski definition) is 2. The average Bonchev–Trinajstić information content (AvgIpc) is 3.55.